The fourth-order valence-corrected chi connectivity index (χ4v) is 5.20. The highest BCUT2D eigenvalue weighted by Crippen LogP contribution is 2.65. The van der Waals surface area contributed by atoms with Crippen molar-refractivity contribution < 1.29 is 9.53 Å². The molecule has 2 aliphatic carbocycles. The first-order valence-electron chi connectivity index (χ1n) is 12.0. The van der Waals surface area contributed by atoms with E-state index in [0.29, 0.717) is 5.92 Å². The number of anilines is 1. The molecule has 34 heavy (non-hydrogen) atoms. The SMILES string of the molecule is C=C=C(C)C12CC1C=C(c1ccc(OC)cc1)C=C2NC(=O)Nc1c(C)cc(CCC)cc1C. The van der Waals surface area contributed by atoms with Gasteiger partial charge >= 0.3 is 6.03 Å². The molecule has 4 rings (SSSR count). The van der Waals surface area contributed by atoms with Gasteiger partial charge in [-0.05, 0) is 91.1 Å². The Labute approximate surface area is 203 Å². The molecule has 1 fully saturated rings. The van der Waals surface area contributed by atoms with Crippen LogP contribution in [0.1, 0.15) is 48.9 Å². The molecule has 0 spiro atoms. The molecular weight excluding hydrogens is 420 g/mol. The molecule has 4 heteroatoms. The molecule has 1 saturated carbocycles. The van der Waals surface area contributed by atoms with E-state index in [1.807, 2.05) is 19.1 Å². The number of benzene rings is 2. The number of rotatable bonds is 7. The van der Waals surface area contributed by atoms with Crippen molar-refractivity contribution in [3.8, 4) is 5.75 Å². The predicted molar refractivity (Wildman–Crippen MR) is 140 cm³/mol. The second-order valence-electron chi connectivity index (χ2n) is 9.43. The van der Waals surface area contributed by atoms with Gasteiger partial charge in [-0.1, -0.05) is 50.3 Å². The molecule has 0 aromatic heterocycles. The van der Waals surface area contributed by atoms with Gasteiger partial charge in [-0.25, -0.2) is 4.79 Å². The van der Waals surface area contributed by atoms with Crippen LogP contribution in [0.15, 0.2) is 72.1 Å². The van der Waals surface area contributed by atoms with Gasteiger partial charge in [-0.2, -0.15) is 0 Å². The van der Waals surface area contributed by atoms with E-state index in [1.165, 1.54) is 5.56 Å². The van der Waals surface area contributed by atoms with Crippen molar-refractivity contribution in [2.24, 2.45) is 11.3 Å². The minimum atomic E-state index is -0.232. The third-order valence-electron chi connectivity index (χ3n) is 7.15. The van der Waals surface area contributed by atoms with Gasteiger partial charge in [0.1, 0.15) is 5.75 Å². The molecule has 2 aliphatic rings. The summed E-state index contributed by atoms with van der Waals surface area (Å²) < 4.78 is 5.30. The topological polar surface area (TPSA) is 50.4 Å². The van der Waals surface area contributed by atoms with Crippen molar-refractivity contribution in [1.29, 1.82) is 0 Å². The monoisotopic (exact) mass is 454 g/mol. The van der Waals surface area contributed by atoms with Crippen LogP contribution < -0.4 is 15.4 Å². The van der Waals surface area contributed by atoms with Crippen molar-refractivity contribution in [2.75, 3.05) is 12.4 Å². The van der Waals surface area contributed by atoms with Crippen LogP contribution in [-0.4, -0.2) is 13.1 Å². The number of fused-ring (bicyclic) bond motifs is 1. The van der Waals surface area contributed by atoms with Gasteiger partial charge in [0.15, 0.2) is 0 Å². The van der Waals surface area contributed by atoms with E-state index >= 15 is 0 Å². The minimum Gasteiger partial charge on any atom is -0.497 e. The summed E-state index contributed by atoms with van der Waals surface area (Å²) in [5.74, 6) is 1.14. The average molecular weight is 455 g/mol. The molecule has 4 nitrogen and oxygen atoms in total. The lowest BCUT2D eigenvalue weighted by atomic mass is 9.84. The second-order valence-corrected chi connectivity index (χ2v) is 9.43. The van der Waals surface area contributed by atoms with E-state index in [-0.39, 0.29) is 11.4 Å². The highest BCUT2D eigenvalue weighted by molar-refractivity contribution is 5.93. The third kappa shape index (κ3) is 4.34. The maximum Gasteiger partial charge on any atom is 0.323 e. The molecule has 2 unspecified atom stereocenters. The molecule has 0 saturated heterocycles. The highest BCUT2D eigenvalue weighted by atomic mass is 16.5. The number of nitrogens with one attached hydrogen (secondary N) is 2. The number of allylic oxidation sites excluding steroid dienone is 4. The normalized spacial score (nSPS) is 20.3. The summed E-state index contributed by atoms with van der Waals surface area (Å²) in [7, 11) is 1.67. The largest absolute Gasteiger partial charge is 0.497 e. The maximum absolute atomic E-state index is 13.2. The quantitative estimate of drug-likeness (QED) is 0.438. The Balaban J connectivity index is 1.61. The minimum absolute atomic E-state index is 0.224. The summed E-state index contributed by atoms with van der Waals surface area (Å²) in [4.78, 5) is 13.2. The van der Waals surface area contributed by atoms with Gasteiger partial charge in [0, 0.05) is 16.8 Å². The van der Waals surface area contributed by atoms with Gasteiger partial charge in [0.2, 0.25) is 0 Å². The van der Waals surface area contributed by atoms with Crippen molar-refractivity contribution in [1.82, 2.24) is 5.32 Å². The number of carbonyl (C=O) groups excluding carboxylic acids is 1. The fourth-order valence-electron chi connectivity index (χ4n) is 5.20. The number of aryl methyl sites for hydroxylation is 3. The summed E-state index contributed by atoms with van der Waals surface area (Å²) in [6.45, 7) is 12.2. The van der Waals surface area contributed by atoms with Crippen molar-refractivity contribution >= 4 is 17.3 Å². The molecule has 0 heterocycles. The molecule has 0 bridgehead atoms. The first-order valence-corrected chi connectivity index (χ1v) is 12.0. The van der Waals surface area contributed by atoms with Gasteiger partial charge < -0.3 is 15.4 Å². The zero-order valence-electron chi connectivity index (χ0n) is 20.8. The van der Waals surface area contributed by atoms with E-state index in [4.69, 9.17) is 4.74 Å². The number of carbonyl (C=O) groups is 1. The molecule has 2 N–H and O–H groups in total. The lowest BCUT2D eigenvalue weighted by Gasteiger charge is -2.26. The number of urea groups is 1. The maximum atomic E-state index is 13.2. The molecule has 2 aromatic carbocycles. The summed E-state index contributed by atoms with van der Waals surface area (Å²) in [5.41, 5.74) is 11.3. The second kappa shape index (κ2) is 9.40. The number of methoxy groups -OCH3 is 1. The van der Waals surface area contributed by atoms with Crippen LogP contribution in [0.2, 0.25) is 0 Å². The van der Waals surface area contributed by atoms with Crippen molar-refractivity contribution in [2.45, 2.75) is 47.0 Å². The molecule has 176 valence electrons. The van der Waals surface area contributed by atoms with E-state index < -0.39 is 0 Å². The number of hydrogen-bond donors (Lipinski definition) is 2. The van der Waals surface area contributed by atoms with Crippen LogP contribution >= 0.6 is 0 Å². The van der Waals surface area contributed by atoms with Crippen LogP contribution in [0, 0.1) is 25.2 Å². The summed E-state index contributed by atoms with van der Waals surface area (Å²) in [5, 5.41) is 6.29. The van der Waals surface area contributed by atoms with Crippen molar-refractivity contribution in [3.63, 3.8) is 0 Å². The molecule has 2 aromatic rings. The average Bonchev–Trinajstić information content (AvgIpc) is 3.57. The van der Waals surface area contributed by atoms with E-state index in [0.717, 1.165) is 64.2 Å². The lowest BCUT2D eigenvalue weighted by Crippen LogP contribution is -2.34. The molecule has 2 atom stereocenters. The number of ether oxygens (including phenoxy) is 1. The summed E-state index contributed by atoms with van der Waals surface area (Å²) in [6.07, 6.45) is 7.47. The molecular formula is C30H34N2O2. The highest BCUT2D eigenvalue weighted by Gasteiger charge is 2.58. The zero-order valence-corrected chi connectivity index (χ0v) is 20.8. The van der Waals surface area contributed by atoms with Gasteiger partial charge in [-0.15, -0.1) is 5.73 Å². The van der Waals surface area contributed by atoms with Crippen LogP contribution in [0.5, 0.6) is 5.75 Å². The lowest BCUT2D eigenvalue weighted by molar-refractivity contribution is 0.253. The van der Waals surface area contributed by atoms with Crippen molar-refractivity contribution in [3.05, 3.63) is 94.4 Å². The Hall–Kier alpha value is -3.49. The Morgan fingerprint density at radius 1 is 1.18 bits per heavy atom. The van der Waals surface area contributed by atoms with Gasteiger partial charge in [0.05, 0.1) is 7.11 Å². The van der Waals surface area contributed by atoms with Crippen LogP contribution in [0.3, 0.4) is 0 Å². The molecule has 0 radical (unpaired) electrons. The fraction of sp³-hybridized carbons (Fsp3) is 0.333. The van der Waals surface area contributed by atoms with E-state index in [2.05, 4.69) is 80.1 Å². The Morgan fingerprint density at radius 2 is 1.85 bits per heavy atom. The van der Waals surface area contributed by atoms with Crippen LogP contribution in [0.4, 0.5) is 10.5 Å². The smallest absolute Gasteiger partial charge is 0.323 e. The molecule has 2 amide bonds. The van der Waals surface area contributed by atoms with Gasteiger partial charge in [0.25, 0.3) is 0 Å². The van der Waals surface area contributed by atoms with Crippen LogP contribution in [-0.2, 0) is 6.42 Å². The first-order chi connectivity index (χ1) is 16.3. The first kappa shape index (κ1) is 23.7. The summed E-state index contributed by atoms with van der Waals surface area (Å²) >= 11 is 0. The van der Waals surface area contributed by atoms with E-state index in [1.54, 1.807) is 7.11 Å². The Bertz CT molecular complexity index is 1210. The predicted octanol–water partition coefficient (Wildman–Crippen LogP) is 7.10. The zero-order chi connectivity index (χ0) is 24.5. The Kier molecular flexibility index (Phi) is 6.54. The molecule has 0 aliphatic heterocycles. The summed E-state index contributed by atoms with van der Waals surface area (Å²) in [6, 6.07) is 12.1. The van der Waals surface area contributed by atoms with E-state index in [9.17, 15) is 4.79 Å². The third-order valence-corrected chi connectivity index (χ3v) is 7.15. The standard InChI is InChI=1S/C30H34N2O2/c1-7-9-22-14-19(3)28(20(4)15-22)32-29(33)31-27-17-24(23-10-12-26(34-6)13-11-23)16-25-18-30(25,27)21(5)8-2/h10-17,25H,2,7,9,18H2,1,3-6H3,(H2,31,32,33). The van der Waals surface area contributed by atoms with Crippen LogP contribution in [0.25, 0.3) is 5.57 Å². The van der Waals surface area contributed by atoms with Gasteiger partial charge in [-0.3, -0.25) is 0 Å². The Morgan fingerprint density at radius 3 is 2.44 bits per heavy atom. The number of hydrogen-bond acceptors (Lipinski definition) is 2. The number of amides is 2.